The Bertz CT molecular complexity index is 567. The maximum atomic E-state index is 13.4. The third-order valence-electron chi connectivity index (χ3n) is 2.54. The Hall–Kier alpha value is -2.37. The second-order valence-electron chi connectivity index (χ2n) is 3.96. The van der Waals surface area contributed by atoms with Gasteiger partial charge in [0.2, 0.25) is 0 Å². The normalized spacial score (nSPS) is 10.3. The van der Waals surface area contributed by atoms with Crippen molar-refractivity contribution in [1.82, 2.24) is 15.1 Å². The number of carbonyl (C=O) groups excluding carboxylic acids is 1. The molecule has 0 atom stereocenters. The summed E-state index contributed by atoms with van der Waals surface area (Å²) < 4.78 is 13.4. The summed E-state index contributed by atoms with van der Waals surface area (Å²) >= 11 is 0. The van der Waals surface area contributed by atoms with Gasteiger partial charge in [0.1, 0.15) is 17.3 Å². The topological polar surface area (TPSA) is 75.0 Å². The summed E-state index contributed by atoms with van der Waals surface area (Å²) in [5.74, 6) is -0.374. The highest BCUT2D eigenvalue weighted by atomic mass is 19.1. The van der Waals surface area contributed by atoms with E-state index >= 15 is 0 Å². The van der Waals surface area contributed by atoms with Crippen LogP contribution in [0.25, 0.3) is 0 Å². The first kappa shape index (κ1) is 12.1. The van der Waals surface area contributed by atoms with Gasteiger partial charge in [-0.3, -0.25) is 9.89 Å². The van der Waals surface area contributed by atoms with E-state index in [1.165, 1.54) is 17.0 Å². The molecule has 0 saturated carbocycles. The lowest BCUT2D eigenvalue weighted by Crippen LogP contribution is -2.26. The quantitative estimate of drug-likeness (QED) is 0.862. The van der Waals surface area contributed by atoms with Crippen LogP contribution in [0, 0.1) is 5.82 Å². The van der Waals surface area contributed by atoms with E-state index in [2.05, 4.69) is 10.2 Å². The number of nitrogens with two attached hydrogens (primary N) is 1. The van der Waals surface area contributed by atoms with Gasteiger partial charge in [-0.2, -0.15) is 5.10 Å². The highest BCUT2D eigenvalue weighted by Gasteiger charge is 2.15. The number of rotatable bonds is 3. The number of hydrogen-bond donors (Lipinski definition) is 2. The minimum atomic E-state index is -0.332. The first-order chi connectivity index (χ1) is 8.58. The second-order valence-corrected chi connectivity index (χ2v) is 3.96. The highest BCUT2D eigenvalue weighted by Crippen LogP contribution is 2.11. The van der Waals surface area contributed by atoms with E-state index in [1.54, 1.807) is 25.2 Å². The largest absolute Gasteiger partial charge is 0.382 e. The molecule has 0 saturated heterocycles. The number of benzene rings is 1. The Morgan fingerprint density at radius 3 is 2.83 bits per heavy atom. The lowest BCUT2D eigenvalue weighted by atomic mass is 10.2. The number of nitrogens with one attached hydrogen (secondary N) is 1. The minimum absolute atomic E-state index is 0.185. The molecule has 3 N–H and O–H groups in total. The van der Waals surface area contributed by atoms with E-state index in [0.29, 0.717) is 5.56 Å². The average Bonchev–Trinajstić information content (AvgIpc) is 2.78. The van der Waals surface area contributed by atoms with Gasteiger partial charge in [0.05, 0.1) is 0 Å². The third-order valence-corrected chi connectivity index (χ3v) is 2.54. The predicted molar refractivity (Wildman–Crippen MR) is 65.2 cm³/mol. The van der Waals surface area contributed by atoms with Gasteiger partial charge < -0.3 is 10.6 Å². The number of H-pyrrole nitrogens is 1. The maximum absolute atomic E-state index is 13.4. The number of amides is 1. The Balaban J connectivity index is 2.11. The van der Waals surface area contributed by atoms with Gasteiger partial charge >= 0.3 is 0 Å². The molecule has 0 aliphatic heterocycles. The molecule has 0 spiro atoms. The fraction of sp³-hybridized carbons (Fsp3) is 0.167. The molecular formula is C12H13FN4O. The van der Waals surface area contributed by atoms with E-state index in [-0.39, 0.29) is 29.8 Å². The summed E-state index contributed by atoms with van der Waals surface area (Å²) in [4.78, 5) is 13.3. The Labute approximate surface area is 103 Å². The molecule has 5 nitrogen and oxygen atoms in total. The molecule has 6 heteroatoms. The number of hydrogen-bond acceptors (Lipinski definition) is 3. The summed E-state index contributed by atoms with van der Waals surface area (Å²) in [7, 11) is 1.59. The molecular weight excluding hydrogens is 235 g/mol. The third kappa shape index (κ3) is 2.48. The van der Waals surface area contributed by atoms with Crippen LogP contribution in [0.1, 0.15) is 16.1 Å². The smallest absolute Gasteiger partial charge is 0.271 e. The molecule has 2 aromatic rings. The molecule has 0 fully saturated rings. The summed E-state index contributed by atoms with van der Waals surface area (Å²) in [5.41, 5.74) is 6.16. The maximum Gasteiger partial charge on any atom is 0.271 e. The van der Waals surface area contributed by atoms with Crippen LogP contribution in [0.3, 0.4) is 0 Å². The first-order valence-corrected chi connectivity index (χ1v) is 5.37. The standard InChI is InChI=1S/C12H13FN4O/c1-17(7-8-4-2-3-5-9(8)13)12(18)10-6-11(14)16-15-10/h2-6H,7H2,1H3,(H3,14,15,16). The lowest BCUT2D eigenvalue weighted by molar-refractivity contribution is 0.0778. The molecule has 0 bridgehead atoms. The molecule has 1 aromatic carbocycles. The van der Waals surface area contributed by atoms with Crippen molar-refractivity contribution < 1.29 is 9.18 Å². The van der Waals surface area contributed by atoms with Gasteiger partial charge in [0.25, 0.3) is 5.91 Å². The zero-order valence-electron chi connectivity index (χ0n) is 9.85. The van der Waals surface area contributed by atoms with Crippen molar-refractivity contribution in [1.29, 1.82) is 0 Å². The van der Waals surface area contributed by atoms with Crippen LogP contribution in [-0.4, -0.2) is 28.1 Å². The van der Waals surface area contributed by atoms with E-state index < -0.39 is 0 Å². The highest BCUT2D eigenvalue weighted by molar-refractivity contribution is 5.92. The van der Waals surface area contributed by atoms with Crippen LogP contribution in [-0.2, 0) is 6.54 Å². The monoisotopic (exact) mass is 248 g/mol. The number of aromatic nitrogens is 2. The zero-order valence-corrected chi connectivity index (χ0v) is 9.85. The number of carbonyl (C=O) groups is 1. The lowest BCUT2D eigenvalue weighted by Gasteiger charge is -2.16. The number of halogens is 1. The molecule has 18 heavy (non-hydrogen) atoms. The van der Waals surface area contributed by atoms with Gasteiger partial charge in [-0.15, -0.1) is 0 Å². The van der Waals surface area contributed by atoms with Crippen LogP contribution >= 0.6 is 0 Å². The van der Waals surface area contributed by atoms with Crippen molar-refractivity contribution >= 4 is 11.7 Å². The van der Waals surface area contributed by atoms with Gasteiger partial charge in [0.15, 0.2) is 0 Å². The fourth-order valence-electron chi connectivity index (χ4n) is 1.61. The van der Waals surface area contributed by atoms with Gasteiger partial charge in [-0.05, 0) is 6.07 Å². The van der Waals surface area contributed by atoms with Crippen molar-refractivity contribution in [3.8, 4) is 0 Å². The van der Waals surface area contributed by atoms with Crippen LogP contribution in [0.4, 0.5) is 10.2 Å². The van der Waals surface area contributed by atoms with Crippen molar-refractivity contribution in [3.63, 3.8) is 0 Å². The molecule has 1 aromatic heterocycles. The van der Waals surface area contributed by atoms with E-state index in [4.69, 9.17) is 5.73 Å². The van der Waals surface area contributed by atoms with Crippen LogP contribution in [0.5, 0.6) is 0 Å². The zero-order chi connectivity index (χ0) is 13.1. The SMILES string of the molecule is CN(Cc1ccccc1F)C(=O)c1cc(N)n[nH]1. The number of nitrogen functional groups attached to an aromatic ring is 1. The second kappa shape index (κ2) is 4.87. The molecule has 0 unspecified atom stereocenters. The van der Waals surface area contributed by atoms with Crippen molar-refractivity contribution in [2.75, 3.05) is 12.8 Å². The molecule has 0 aliphatic carbocycles. The summed E-state index contributed by atoms with van der Waals surface area (Å²) in [6.45, 7) is 0.185. The predicted octanol–water partition coefficient (Wildman–Crippen LogP) is 1.40. The Kier molecular flexibility index (Phi) is 3.27. The van der Waals surface area contributed by atoms with Crippen molar-refractivity contribution in [2.24, 2.45) is 0 Å². The van der Waals surface area contributed by atoms with Crippen molar-refractivity contribution in [2.45, 2.75) is 6.54 Å². The molecule has 1 amide bonds. The van der Waals surface area contributed by atoms with Gasteiger partial charge in [-0.25, -0.2) is 4.39 Å². The van der Waals surface area contributed by atoms with E-state index in [9.17, 15) is 9.18 Å². The number of anilines is 1. The average molecular weight is 248 g/mol. The van der Waals surface area contributed by atoms with Gasteiger partial charge in [0, 0.05) is 25.2 Å². The molecule has 94 valence electrons. The van der Waals surface area contributed by atoms with Crippen LogP contribution < -0.4 is 5.73 Å². The van der Waals surface area contributed by atoms with Gasteiger partial charge in [-0.1, -0.05) is 18.2 Å². The van der Waals surface area contributed by atoms with Crippen LogP contribution in [0.15, 0.2) is 30.3 Å². The minimum Gasteiger partial charge on any atom is -0.382 e. The summed E-state index contributed by atoms with van der Waals surface area (Å²) in [6, 6.07) is 7.78. The number of nitrogens with zero attached hydrogens (tertiary/aromatic N) is 2. The van der Waals surface area contributed by atoms with E-state index in [0.717, 1.165) is 0 Å². The van der Waals surface area contributed by atoms with Crippen molar-refractivity contribution in [3.05, 3.63) is 47.4 Å². The fourth-order valence-corrected chi connectivity index (χ4v) is 1.61. The first-order valence-electron chi connectivity index (χ1n) is 5.37. The Morgan fingerprint density at radius 2 is 2.22 bits per heavy atom. The summed E-state index contributed by atoms with van der Waals surface area (Å²) in [5, 5.41) is 6.20. The molecule has 1 heterocycles. The Morgan fingerprint density at radius 1 is 1.50 bits per heavy atom. The molecule has 0 radical (unpaired) electrons. The number of aromatic amines is 1. The van der Waals surface area contributed by atoms with E-state index in [1.807, 2.05) is 0 Å². The molecule has 2 rings (SSSR count). The molecule has 0 aliphatic rings. The van der Waals surface area contributed by atoms with Crippen LogP contribution in [0.2, 0.25) is 0 Å². The summed E-state index contributed by atoms with van der Waals surface area (Å²) in [6.07, 6.45) is 0.